The fourth-order valence-corrected chi connectivity index (χ4v) is 3.91. The Kier molecular flexibility index (Phi) is 6.50. The number of carbonyl (C=O) groups excluding carboxylic acids is 1. The maximum absolute atomic E-state index is 14.1. The van der Waals surface area contributed by atoms with E-state index in [4.69, 9.17) is 14.0 Å². The Balaban J connectivity index is 1.49. The molecule has 0 radical (unpaired) electrons. The highest BCUT2D eigenvalue weighted by molar-refractivity contribution is 5.83. The van der Waals surface area contributed by atoms with Gasteiger partial charge in [0.2, 0.25) is 5.91 Å². The lowest BCUT2D eigenvalue weighted by Crippen LogP contribution is -2.45. The molecule has 1 saturated heterocycles. The monoisotopic (exact) mass is 442 g/mol. The van der Waals surface area contributed by atoms with Crippen molar-refractivity contribution in [3.05, 3.63) is 71.5 Å². The molecule has 1 aliphatic rings. The summed E-state index contributed by atoms with van der Waals surface area (Å²) >= 11 is 0. The average Bonchev–Trinajstić information content (AvgIpc) is 3.26. The molecule has 32 heavy (non-hydrogen) atoms. The third kappa shape index (κ3) is 4.80. The number of carbonyl (C=O) groups is 1. The summed E-state index contributed by atoms with van der Waals surface area (Å²) in [6, 6.07) is 12.4. The quantitative estimate of drug-likeness (QED) is 0.591. The summed E-state index contributed by atoms with van der Waals surface area (Å²) in [7, 11) is 1.60. The number of hydrogen-bond donors (Lipinski definition) is 1. The van der Waals surface area contributed by atoms with E-state index in [1.54, 1.807) is 13.2 Å². The van der Waals surface area contributed by atoms with Crippen LogP contribution in [0.2, 0.25) is 0 Å². The summed E-state index contributed by atoms with van der Waals surface area (Å²) < 4.78 is 43.4. The van der Waals surface area contributed by atoms with Crippen molar-refractivity contribution >= 4 is 5.91 Å². The van der Waals surface area contributed by atoms with Gasteiger partial charge in [-0.15, -0.1) is 0 Å². The molecule has 2 heterocycles. The number of benzene rings is 2. The molecule has 1 aliphatic heterocycles. The predicted octanol–water partition coefficient (Wildman–Crippen LogP) is 4.28. The molecule has 1 fully saturated rings. The lowest BCUT2D eigenvalue weighted by molar-refractivity contribution is -0.137. The summed E-state index contributed by atoms with van der Waals surface area (Å²) in [5.41, 5.74) is 0.642. The minimum Gasteiger partial charge on any atom is -0.497 e. The van der Waals surface area contributed by atoms with Gasteiger partial charge in [-0.05, 0) is 42.7 Å². The molecule has 1 N–H and O–H groups in total. The molecule has 0 atom stereocenters. The first kappa shape index (κ1) is 22.0. The zero-order valence-corrected chi connectivity index (χ0v) is 17.7. The van der Waals surface area contributed by atoms with E-state index >= 15 is 0 Å². The van der Waals surface area contributed by atoms with Crippen LogP contribution in [0, 0.1) is 17.0 Å². The minimum atomic E-state index is -0.720. The second-order valence-electron chi connectivity index (χ2n) is 7.90. The van der Waals surface area contributed by atoms with Gasteiger partial charge in [-0.1, -0.05) is 17.3 Å². The summed E-state index contributed by atoms with van der Waals surface area (Å²) in [6.45, 7) is 1.31. The second-order valence-corrected chi connectivity index (χ2v) is 7.90. The Morgan fingerprint density at radius 2 is 1.88 bits per heavy atom. The molecule has 0 bridgehead atoms. The standard InChI is InChI=1S/C24H24F2N2O4/c1-30-18-5-2-16(3-6-18)15-27-23(29)24(8-10-31-11-9-24)14-19-13-22(28-32-19)20-7-4-17(25)12-21(20)26/h2-7,12-13H,8-11,14-15H2,1H3,(H,27,29). The fraction of sp³-hybridized carbons (Fsp3) is 0.333. The van der Waals surface area contributed by atoms with Gasteiger partial charge in [0, 0.05) is 43.9 Å². The zero-order valence-electron chi connectivity index (χ0n) is 17.7. The molecule has 168 valence electrons. The number of nitrogens with one attached hydrogen (secondary N) is 1. The maximum Gasteiger partial charge on any atom is 0.227 e. The van der Waals surface area contributed by atoms with Crippen LogP contribution in [0.1, 0.15) is 24.2 Å². The van der Waals surface area contributed by atoms with Crippen LogP contribution in [0.3, 0.4) is 0 Å². The molecule has 3 aromatic rings. The number of aromatic nitrogens is 1. The van der Waals surface area contributed by atoms with Crippen molar-refractivity contribution in [1.82, 2.24) is 10.5 Å². The molecule has 8 heteroatoms. The number of methoxy groups -OCH3 is 1. The van der Waals surface area contributed by atoms with E-state index in [0.29, 0.717) is 44.8 Å². The number of nitrogens with zero attached hydrogens (tertiary/aromatic N) is 1. The van der Waals surface area contributed by atoms with Crippen molar-refractivity contribution in [2.45, 2.75) is 25.8 Å². The Hall–Kier alpha value is -3.26. The van der Waals surface area contributed by atoms with Gasteiger partial charge in [-0.25, -0.2) is 8.78 Å². The van der Waals surface area contributed by atoms with Crippen LogP contribution in [0.4, 0.5) is 8.78 Å². The number of amides is 1. The topological polar surface area (TPSA) is 73.6 Å². The molecule has 6 nitrogen and oxygen atoms in total. The molecule has 0 unspecified atom stereocenters. The van der Waals surface area contributed by atoms with E-state index in [1.807, 2.05) is 24.3 Å². The number of hydrogen-bond acceptors (Lipinski definition) is 5. The molecule has 1 aromatic heterocycles. The van der Waals surface area contributed by atoms with Crippen molar-refractivity contribution in [2.75, 3.05) is 20.3 Å². The Morgan fingerprint density at radius 1 is 1.12 bits per heavy atom. The van der Waals surface area contributed by atoms with Gasteiger partial charge >= 0.3 is 0 Å². The van der Waals surface area contributed by atoms with Crippen LogP contribution in [0.25, 0.3) is 11.3 Å². The minimum absolute atomic E-state index is 0.0949. The maximum atomic E-state index is 14.1. The highest BCUT2D eigenvalue weighted by Crippen LogP contribution is 2.36. The van der Waals surface area contributed by atoms with Gasteiger partial charge in [0.25, 0.3) is 0 Å². The van der Waals surface area contributed by atoms with E-state index in [2.05, 4.69) is 10.5 Å². The first-order valence-corrected chi connectivity index (χ1v) is 10.4. The number of ether oxygens (including phenoxy) is 2. The molecule has 1 amide bonds. The molecule has 0 spiro atoms. The normalized spacial score (nSPS) is 15.3. The van der Waals surface area contributed by atoms with Crippen molar-refractivity contribution in [2.24, 2.45) is 5.41 Å². The van der Waals surface area contributed by atoms with Crippen LogP contribution >= 0.6 is 0 Å². The molecule has 0 saturated carbocycles. The molecular weight excluding hydrogens is 418 g/mol. The Morgan fingerprint density at radius 3 is 2.56 bits per heavy atom. The van der Waals surface area contributed by atoms with E-state index in [0.717, 1.165) is 17.4 Å². The molecular formula is C24H24F2N2O4. The van der Waals surface area contributed by atoms with Crippen LogP contribution in [-0.4, -0.2) is 31.4 Å². The van der Waals surface area contributed by atoms with Gasteiger partial charge in [0.15, 0.2) is 0 Å². The first-order chi connectivity index (χ1) is 15.5. The van der Waals surface area contributed by atoms with Gasteiger partial charge in [-0.3, -0.25) is 4.79 Å². The SMILES string of the molecule is COc1ccc(CNC(=O)C2(Cc3cc(-c4ccc(F)cc4F)no3)CCOCC2)cc1. The van der Waals surface area contributed by atoms with E-state index < -0.39 is 17.0 Å². The summed E-state index contributed by atoms with van der Waals surface area (Å²) in [4.78, 5) is 13.2. The van der Waals surface area contributed by atoms with E-state index in [9.17, 15) is 13.6 Å². The average molecular weight is 442 g/mol. The zero-order chi connectivity index (χ0) is 22.6. The third-order valence-corrected chi connectivity index (χ3v) is 5.82. The van der Waals surface area contributed by atoms with Gasteiger partial charge < -0.3 is 19.3 Å². The number of halogens is 2. The van der Waals surface area contributed by atoms with Gasteiger partial charge in [0.1, 0.15) is 28.8 Å². The van der Waals surface area contributed by atoms with Crippen LogP contribution in [0.5, 0.6) is 5.75 Å². The largest absolute Gasteiger partial charge is 0.497 e. The van der Waals surface area contributed by atoms with E-state index in [-0.39, 0.29) is 17.2 Å². The van der Waals surface area contributed by atoms with Gasteiger partial charge in [0.05, 0.1) is 12.5 Å². The van der Waals surface area contributed by atoms with E-state index in [1.165, 1.54) is 12.1 Å². The van der Waals surface area contributed by atoms with Crippen molar-refractivity contribution < 1.29 is 27.6 Å². The van der Waals surface area contributed by atoms with Crippen LogP contribution < -0.4 is 10.1 Å². The fourth-order valence-electron chi connectivity index (χ4n) is 3.91. The highest BCUT2D eigenvalue weighted by Gasteiger charge is 2.41. The number of rotatable bonds is 7. The van der Waals surface area contributed by atoms with Crippen molar-refractivity contribution in [3.63, 3.8) is 0 Å². The summed E-state index contributed by atoms with van der Waals surface area (Å²) in [5, 5.41) is 6.95. The van der Waals surface area contributed by atoms with Crippen molar-refractivity contribution in [1.29, 1.82) is 0 Å². The smallest absolute Gasteiger partial charge is 0.227 e. The summed E-state index contributed by atoms with van der Waals surface area (Å²) in [5.74, 6) is -0.264. The summed E-state index contributed by atoms with van der Waals surface area (Å²) in [6.07, 6.45) is 1.37. The third-order valence-electron chi connectivity index (χ3n) is 5.82. The van der Waals surface area contributed by atoms with Crippen LogP contribution in [0.15, 0.2) is 53.1 Å². The van der Waals surface area contributed by atoms with Gasteiger partial charge in [-0.2, -0.15) is 0 Å². The Labute approximate surface area is 184 Å². The molecule has 2 aromatic carbocycles. The highest BCUT2D eigenvalue weighted by atomic mass is 19.1. The molecule has 0 aliphatic carbocycles. The Bertz CT molecular complexity index is 1080. The van der Waals surface area contributed by atoms with Crippen LogP contribution in [-0.2, 0) is 22.5 Å². The lowest BCUT2D eigenvalue weighted by Gasteiger charge is -2.35. The predicted molar refractivity (Wildman–Crippen MR) is 113 cm³/mol. The lowest BCUT2D eigenvalue weighted by atomic mass is 9.75. The second kappa shape index (κ2) is 9.48. The first-order valence-electron chi connectivity index (χ1n) is 10.4. The molecule has 4 rings (SSSR count). The van der Waals surface area contributed by atoms with Crippen molar-refractivity contribution in [3.8, 4) is 17.0 Å².